The van der Waals surface area contributed by atoms with E-state index in [1.165, 1.54) is 12.1 Å². The highest BCUT2D eigenvalue weighted by Gasteiger charge is 2.43. The second-order valence-electron chi connectivity index (χ2n) is 11.6. The minimum Gasteiger partial charge on any atom is -0.507 e. The van der Waals surface area contributed by atoms with Gasteiger partial charge in [-0.15, -0.1) is 0 Å². The van der Waals surface area contributed by atoms with Gasteiger partial charge in [0.1, 0.15) is 34.0 Å². The van der Waals surface area contributed by atoms with Crippen LogP contribution >= 0.6 is 11.6 Å². The van der Waals surface area contributed by atoms with Crippen LogP contribution in [0, 0.1) is 0 Å². The average Bonchev–Trinajstić information content (AvgIpc) is 3.31. The van der Waals surface area contributed by atoms with E-state index < -0.39 is 22.8 Å². The van der Waals surface area contributed by atoms with Crippen LogP contribution in [0.3, 0.4) is 0 Å². The Labute approximate surface area is 242 Å². The van der Waals surface area contributed by atoms with E-state index in [1.807, 2.05) is 57.3 Å². The van der Waals surface area contributed by atoms with Crippen molar-refractivity contribution in [3.8, 4) is 11.5 Å². The van der Waals surface area contributed by atoms with Crippen LogP contribution in [0.4, 0.5) is 11.4 Å². The molecule has 0 saturated carbocycles. The molecule has 0 amide bonds. The first-order chi connectivity index (χ1) is 19.2. The summed E-state index contributed by atoms with van der Waals surface area (Å²) in [6, 6.07) is 6.12. The van der Waals surface area contributed by atoms with Crippen LogP contribution < -0.4 is 5.32 Å². The van der Waals surface area contributed by atoms with Crippen molar-refractivity contribution in [1.29, 1.82) is 0 Å². The van der Waals surface area contributed by atoms with E-state index in [4.69, 9.17) is 11.6 Å². The molecule has 0 fully saturated rings. The topological polar surface area (TPSA) is 144 Å². The molecule has 2 aliphatic heterocycles. The molecule has 2 aromatic rings. The summed E-state index contributed by atoms with van der Waals surface area (Å²) in [5.41, 5.74) is 4.42. The number of benzene rings is 2. The third-order valence-electron chi connectivity index (χ3n) is 8.35. The first-order valence-corrected chi connectivity index (χ1v) is 13.7. The van der Waals surface area contributed by atoms with E-state index in [9.17, 15) is 30.0 Å². The molecule has 0 spiro atoms. The largest absolute Gasteiger partial charge is 0.507 e. The van der Waals surface area contributed by atoms with Gasteiger partial charge in [0.15, 0.2) is 0 Å². The van der Waals surface area contributed by atoms with Gasteiger partial charge in [0, 0.05) is 22.1 Å². The lowest BCUT2D eigenvalue weighted by Gasteiger charge is -2.22. The number of carbonyl (C=O) groups is 2. The van der Waals surface area contributed by atoms with Crippen molar-refractivity contribution in [2.24, 2.45) is 4.99 Å². The Hall–Kier alpha value is -4.14. The van der Waals surface area contributed by atoms with Gasteiger partial charge in [-0.25, -0.2) is 9.59 Å². The summed E-state index contributed by atoms with van der Waals surface area (Å²) in [6.07, 6.45) is 10.3. The number of carboxylic acid groups (broad SMARTS) is 2. The lowest BCUT2D eigenvalue weighted by atomic mass is 9.79. The van der Waals surface area contributed by atoms with Crippen molar-refractivity contribution >= 4 is 40.6 Å². The van der Waals surface area contributed by atoms with Crippen LogP contribution in [0.2, 0.25) is 0 Å². The van der Waals surface area contributed by atoms with E-state index in [0.717, 1.165) is 41.8 Å². The summed E-state index contributed by atoms with van der Waals surface area (Å²) < 4.78 is 0. The van der Waals surface area contributed by atoms with Gasteiger partial charge in [-0.05, 0) is 88.5 Å². The summed E-state index contributed by atoms with van der Waals surface area (Å²) in [7, 11) is 0. The van der Waals surface area contributed by atoms with Crippen molar-refractivity contribution in [2.45, 2.75) is 57.8 Å². The molecular weight excluding hydrogens is 544 g/mol. The van der Waals surface area contributed by atoms with E-state index in [0.29, 0.717) is 27.6 Å². The van der Waals surface area contributed by atoms with Gasteiger partial charge in [-0.3, -0.25) is 10.3 Å². The molecule has 0 atom stereocenters. The molecule has 2 heterocycles. The number of nitrogens with zero attached hydrogens (tertiary/aromatic N) is 1. The minimum absolute atomic E-state index is 0.116. The van der Waals surface area contributed by atoms with Crippen LogP contribution in [0.5, 0.6) is 11.5 Å². The van der Waals surface area contributed by atoms with E-state index in [1.54, 1.807) is 12.1 Å². The van der Waals surface area contributed by atoms with E-state index in [2.05, 4.69) is 4.99 Å². The summed E-state index contributed by atoms with van der Waals surface area (Å²) in [5.74, 6) is -2.83. The Morgan fingerprint density at radius 3 is 2.17 bits per heavy atom. The molecule has 212 valence electrons. The molecule has 1 aliphatic carbocycles. The molecule has 0 saturated heterocycles. The quantitative estimate of drug-likeness (QED) is 0.273. The second-order valence-corrected chi connectivity index (χ2v) is 12.0. The molecule has 0 radical (unpaired) electrons. The molecule has 0 unspecified atom stereocenters. The SMILES string of the molecule is CC1(C)C(/C=C/C2=C(Cl)C(=C/C=C3\[NH2+]c4ccc(C(=O)O)c(O)c4C3(C)C)/CCC2)=Nc2ccc(C(=O)O)c(O)c21. The van der Waals surface area contributed by atoms with E-state index >= 15 is 0 Å². The molecule has 6 N–H and O–H groups in total. The zero-order valence-electron chi connectivity index (χ0n) is 23.2. The number of hydrogen-bond acceptors (Lipinski definition) is 5. The molecule has 41 heavy (non-hydrogen) atoms. The highest BCUT2D eigenvalue weighted by Crippen LogP contribution is 2.47. The van der Waals surface area contributed by atoms with Crippen molar-refractivity contribution in [3.05, 3.63) is 92.7 Å². The predicted octanol–water partition coefficient (Wildman–Crippen LogP) is 6.09. The van der Waals surface area contributed by atoms with Crippen LogP contribution in [-0.4, -0.2) is 38.1 Å². The lowest BCUT2D eigenvalue weighted by Crippen LogP contribution is -2.75. The number of allylic oxidation sites excluding steroid dienone is 8. The molecule has 3 aliphatic rings. The summed E-state index contributed by atoms with van der Waals surface area (Å²) in [4.78, 5) is 27.7. The van der Waals surface area contributed by atoms with E-state index in [-0.39, 0.29) is 22.6 Å². The van der Waals surface area contributed by atoms with Gasteiger partial charge in [0.2, 0.25) is 0 Å². The summed E-state index contributed by atoms with van der Waals surface area (Å²) >= 11 is 6.87. The van der Waals surface area contributed by atoms with Gasteiger partial charge in [-0.2, -0.15) is 0 Å². The molecule has 0 aromatic heterocycles. The van der Waals surface area contributed by atoms with Gasteiger partial charge < -0.3 is 20.4 Å². The average molecular weight is 576 g/mol. The van der Waals surface area contributed by atoms with Crippen LogP contribution in [0.25, 0.3) is 0 Å². The van der Waals surface area contributed by atoms with Gasteiger partial charge >= 0.3 is 11.9 Å². The number of aliphatic imine (C=N–C) groups is 1. The highest BCUT2D eigenvalue weighted by atomic mass is 35.5. The predicted molar refractivity (Wildman–Crippen MR) is 157 cm³/mol. The first-order valence-electron chi connectivity index (χ1n) is 13.4. The van der Waals surface area contributed by atoms with Crippen LogP contribution in [-0.2, 0) is 10.8 Å². The minimum atomic E-state index is -1.19. The monoisotopic (exact) mass is 575 g/mol. The Morgan fingerprint density at radius 1 is 0.878 bits per heavy atom. The Morgan fingerprint density at radius 2 is 1.51 bits per heavy atom. The zero-order valence-corrected chi connectivity index (χ0v) is 24.0. The van der Waals surface area contributed by atoms with Gasteiger partial charge in [0.05, 0.1) is 22.4 Å². The van der Waals surface area contributed by atoms with Crippen molar-refractivity contribution < 1.29 is 35.3 Å². The number of hydrogen-bond donors (Lipinski definition) is 5. The number of quaternary nitrogens is 1. The Balaban J connectivity index is 1.43. The molecule has 8 nitrogen and oxygen atoms in total. The number of nitrogens with two attached hydrogens (primary N) is 1. The zero-order chi connectivity index (χ0) is 29.9. The fourth-order valence-corrected chi connectivity index (χ4v) is 6.30. The Bertz CT molecular complexity index is 1670. The molecule has 2 aromatic carbocycles. The summed E-state index contributed by atoms with van der Waals surface area (Å²) in [5, 5.41) is 42.8. The molecule has 9 heteroatoms. The lowest BCUT2D eigenvalue weighted by molar-refractivity contribution is -0.515. The third-order valence-corrected chi connectivity index (χ3v) is 8.84. The van der Waals surface area contributed by atoms with Crippen LogP contribution in [0.15, 0.2) is 75.4 Å². The highest BCUT2D eigenvalue weighted by molar-refractivity contribution is 6.32. The normalized spacial score (nSPS) is 21.0. The first kappa shape index (κ1) is 28.4. The Kier molecular flexibility index (Phi) is 6.96. The third kappa shape index (κ3) is 4.67. The maximum atomic E-state index is 11.5. The van der Waals surface area contributed by atoms with Crippen LogP contribution in [0.1, 0.15) is 78.8 Å². The maximum Gasteiger partial charge on any atom is 0.339 e. The van der Waals surface area contributed by atoms with Gasteiger partial charge in [0.25, 0.3) is 0 Å². The number of fused-ring (bicyclic) bond motifs is 2. The number of aromatic carboxylic acids is 2. The molecule has 0 bridgehead atoms. The number of carboxylic acids is 2. The van der Waals surface area contributed by atoms with Crippen molar-refractivity contribution in [3.63, 3.8) is 0 Å². The summed E-state index contributed by atoms with van der Waals surface area (Å²) in [6.45, 7) is 7.71. The fourth-order valence-electron chi connectivity index (χ4n) is 5.99. The number of aromatic hydroxyl groups is 2. The van der Waals surface area contributed by atoms with Crippen molar-refractivity contribution in [1.82, 2.24) is 0 Å². The molecular formula is C32H32ClN2O6+. The number of phenols is 2. The standard InChI is InChI=1S/C32H31ClN2O6/c1-31(2)22(34-20-12-10-18(29(38)39)27(36)24(20)31)14-8-16-6-5-7-17(26(16)33)9-15-23-32(3,4)25-21(35-23)13-11-19(28(25)37)30(40)41/h8-15,34,36-37H,5-7H2,1-4H3,(H,38,39)(H,40,41)/p+1/b15-9+,16-8+,22-14-. The van der Waals surface area contributed by atoms with Gasteiger partial charge in [-0.1, -0.05) is 23.8 Å². The maximum absolute atomic E-state index is 11.5. The van der Waals surface area contributed by atoms with Crippen molar-refractivity contribution in [2.75, 3.05) is 0 Å². The number of rotatable bonds is 5. The number of halogens is 1. The molecule has 5 rings (SSSR count). The second kappa shape index (κ2) is 10.0. The fraction of sp³-hybridized carbons (Fsp3) is 0.281. The smallest absolute Gasteiger partial charge is 0.339 e.